The van der Waals surface area contributed by atoms with E-state index >= 15 is 0 Å². The molecule has 2 heterocycles. The van der Waals surface area contributed by atoms with Crippen LogP contribution in [-0.2, 0) is 11.3 Å². The Bertz CT molecular complexity index is 885. The Morgan fingerprint density at radius 2 is 1.92 bits per heavy atom. The minimum absolute atomic E-state index is 0.0949. The van der Waals surface area contributed by atoms with Gasteiger partial charge in [0, 0.05) is 13.2 Å². The maximum Gasteiger partial charge on any atom is 0.350 e. The molecule has 0 N–H and O–H groups in total. The van der Waals surface area contributed by atoms with Crippen molar-refractivity contribution in [2.75, 3.05) is 20.2 Å². The van der Waals surface area contributed by atoms with E-state index in [4.69, 9.17) is 4.74 Å². The van der Waals surface area contributed by atoms with Crippen molar-refractivity contribution >= 4 is 11.6 Å². The minimum atomic E-state index is -0.326. The molecule has 3 aromatic rings. The van der Waals surface area contributed by atoms with Gasteiger partial charge >= 0.3 is 5.69 Å². The van der Waals surface area contributed by atoms with Crippen LogP contribution in [-0.4, -0.2) is 45.2 Å². The Balaban J connectivity index is 1.57. The van der Waals surface area contributed by atoms with Gasteiger partial charge in [0.05, 0.1) is 6.54 Å². The molecule has 0 fully saturated rings. The van der Waals surface area contributed by atoms with Gasteiger partial charge in [0.15, 0.2) is 5.65 Å². The predicted octanol–water partition coefficient (Wildman–Crippen LogP) is 1.03. The number of fused-ring (bicyclic) bond motifs is 1. The van der Waals surface area contributed by atoms with Gasteiger partial charge in [-0.3, -0.25) is 9.20 Å². The number of likely N-dealkylation sites (N-methyl/N-ethyl adjacent to an activating group) is 1. The average molecular weight is 326 g/mol. The molecule has 0 spiro atoms. The summed E-state index contributed by atoms with van der Waals surface area (Å²) in [6.07, 6.45) is 1.63. The number of pyridine rings is 1. The molecule has 24 heavy (non-hydrogen) atoms. The van der Waals surface area contributed by atoms with Crippen molar-refractivity contribution in [2.24, 2.45) is 0 Å². The van der Waals surface area contributed by atoms with Gasteiger partial charge in [-0.25, -0.2) is 9.48 Å². The van der Waals surface area contributed by atoms with Crippen LogP contribution in [0.2, 0.25) is 0 Å². The van der Waals surface area contributed by atoms with Crippen LogP contribution in [0.15, 0.2) is 59.5 Å². The van der Waals surface area contributed by atoms with Crippen molar-refractivity contribution in [1.29, 1.82) is 0 Å². The molecule has 0 aliphatic carbocycles. The van der Waals surface area contributed by atoms with Crippen molar-refractivity contribution in [3.05, 3.63) is 65.2 Å². The second kappa shape index (κ2) is 6.99. The highest BCUT2D eigenvalue weighted by atomic mass is 16.5. The van der Waals surface area contributed by atoms with Crippen LogP contribution in [0, 0.1) is 0 Å². The molecule has 0 saturated heterocycles. The van der Waals surface area contributed by atoms with E-state index in [1.807, 2.05) is 30.3 Å². The summed E-state index contributed by atoms with van der Waals surface area (Å²) < 4.78 is 8.15. The molecule has 0 aliphatic heterocycles. The molecule has 1 aromatic carbocycles. The second-order valence-corrected chi connectivity index (χ2v) is 5.35. The Kier molecular flexibility index (Phi) is 4.60. The van der Waals surface area contributed by atoms with E-state index in [1.165, 1.54) is 14.0 Å². The van der Waals surface area contributed by atoms with Gasteiger partial charge in [0.2, 0.25) is 5.91 Å². The van der Waals surface area contributed by atoms with Gasteiger partial charge in [-0.1, -0.05) is 24.3 Å². The van der Waals surface area contributed by atoms with Crippen LogP contribution in [0.1, 0.15) is 0 Å². The molecule has 7 heteroatoms. The number of para-hydroxylation sites is 1. The first kappa shape index (κ1) is 15.8. The van der Waals surface area contributed by atoms with E-state index in [0.717, 1.165) is 5.75 Å². The summed E-state index contributed by atoms with van der Waals surface area (Å²) in [5.74, 6) is 0.562. The van der Waals surface area contributed by atoms with E-state index < -0.39 is 0 Å². The molecular formula is C17H18N4O3. The fourth-order valence-corrected chi connectivity index (χ4v) is 2.26. The maximum absolute atomic E-state index is 12.2. The maximum atomic E-state index is 12.2. The zero-order chi connectivity index (χ0) is 16.9. The number of carbonyl (C=O) groups is 1. The lowest BCUT2D eigenvalue weighted by Gasteiger charge is -2.17. The number of rotatable bonds is 6. The lowest BCUT2D eigenvalue weighted by molar-refractivity contribution is -0.131. The largest absolute Gasteiger partial charge is 0.492 e. The van der Waals surface area contributed by atoms with Gasteiger partial charge in [-0.05, 0) is 24.3 Å². The fraction of sp³-hybridized carbons (Fsp3) is 0.235. The average Bonchev–Trinajstić information content (AvgIpc) is 2.92. The molecule has 0 atom stereocenters. The number of aromatic nitrogens is 3. The Morgan fingerprint density at radius 1 is 1.17 bits per heavy atom. The lowest BCUT2D eigenvalue weighted by Crippen LogP contribution is -2.36. The van der Waals surface area contributed by atoms with Crippen LogP contribution in [0.25, 0.3) is 5.65 Å². The number of ether oxygens (including phenoxy) is 1. The number of amides is 1. The number of benzene rings is 1. The third kappa shape index (κ3) is 3.45. The number of hydrogen-bond donors (Lipinski definition) is 0. The summed E-state index contributed by atoms with van der Waals surface area (Å²) in [5.41, 5.74) is 0.193. The topological polar surface area (TPSA) is 68.8 Å². The van der Waals surface area contributed by atoms with E-state index in [-0.39, 0.29) is 18.1 Å². The van der Waals surface area contributed by atoms with Crippen LogP contribution in [0.5, 0.6) is 5.75 Å². The Morgan fingerprint density at radius 3 is 2.67 bits per heavy atom. The molecule has 124 valence electrons. The Labute approximate surface area is 138 Å². The first-order valence-corrected chi connectivity index (χ1v) is 7.61. The molecule has 2 aromatic heterocycles. The zero-order valence-electron chi connectivity index (χ0n) is 13.3. The fourth-order valence-electron chi connectivity index (χ4n) is 2.26. The molecule has 1 amide bonds. The van der Waals surface area contributed by atoms with Crippen molar-refractivity contribution in [3.8, 4) is 5.75 Å². The van der Waals surface area contributed by atoms with Gasteiger partial charge in [0.25, 0.3) is 0 Å². The van der Waals surface area contributed by atoms with Crippen molar-refractivity contribution in [2.45, 2.75) is 6.54 Å². The third-order valence-corrected chi connectivity index (χ3v) is 3.64. The molecule has 3 rings (SSSR count). The summed E-state index contributed by atoms with van der Waals surface area (Å²) in [5, 5.41) is 4.15. The smallest absolute Gasteiger partial charge is 0.350 e. The number of carbonyl (C=O) groups excluding carboxylic acids is 1. The van der Waals surface area contributed by atoms with Crippen LogP contribution >= 0.6 is 0 Å². The van der Waals surface area contributed by atoms with Crippen molar-refractivity contribution < 1.29 is 9.53 Å². The van der Waals surface area contributed by atoms with Gasteiger partial charge < -0.3 is 9.64 Å². The summed E-state index contributed by atoms with van der Waals surface area (Å²) in [6.45, 7) is 0.713. The van der Waals surface area contributed by atoms with Gasteiger partial charge in [-0.15, -0.1) is 5.10 Å². The van der Waals surface area contributed by atoms with E-state index in [0.29, 0.717) is 18.8 Å². The molecular weight excluding hydrogens is 308 g/mol. The number of hydrogen-bond acceptors (Lipinski definition) is 4. The lowest BCUT2D eigenvalue weighted by atomic mass is 10.3. The third-order valence-electron chi connectivity index (χ3n) is 3.64. The molecule has 0 radical (unpaired) electrons. The highest BCUT2D eigenvalue weighted by Crippen LogP contribution is 2.07. The highest BCUT2D eigenvalue weighted by Gasteiger charge is 2.13. The van der Waals surface area contributed by atoms with Gasteiger partial charge in [0.1, 0.15) is 18.9 Å². The monoisotopic (exact) mass is 326 g/mol. The summed E-state index contributed by atoms with van der Waals surface area (Å²) >= 11 is 0. The SMILES string of the molecule is CN(CCOc1ccccc1)C(=O)Cn1nc2ccccn2c1=O. The first-order valence-electron chi connectivity index (χ1n) is 7.61. The molecule has 0 saturated carbocycles. The summed E-state index contributed by atoms with van der Waals surface area (Å²) in [6, 6.07) is 14.7. The normalized spacial score (nSPS) is 10.7. The molecule has 7 nitrogen and oxygen atoms in total. The molecule has 0 bridgehead atoms. The highest BCUT2D eigenvalue weighted by molar-refractivity contribution is 5.75. The number of nitrogens with zero attached hydrogens (tertiary/aromatic N) is 4. The Hall–Kier alpha value is -3.09. The second-order valence-electron chi connectivity index (χ2n) is 5.35. The van der Waals surface area contributed by atoms with Crippen LogP contribution < -0.4 is 10.4 Å². The summed E-state index contributed by atoms with van der Waals surface area (Å²) in [7, 11) is 1.68. The quantitative estimate of drug-likeness (QED) is 0.678. The van der Waals surface area contributed by atoms with E-state index in [1.54, 1.807) is 31.4 Å². The first-order chi connectivity index (χ1) is 11.6. The van der Waals surface area contributed by atoms with E-state index in [9.17, 15) is 9.59 Å². The van der Waals surface area contributed by atoms with Crippen LogP contribution in [0.3, 0.4) is 0 Å². The van der Waals surface area contributed by atoms with E-state index in [2.05, 4.69) is 5.10 Å². The van der Waals surface area contributed by atoms with Crippen molar-refractivity contribution in [1.82, 2.24) is 19.1 Å². The van der Waals surface area contributed by atoms with Crippen molar-refractivity contribution in [3.63, 3.8) is 0 Å². The van der Waals surface area contributed by atoms with Gasteiger partial charge in [-0.2, -0.15) is 0 Å². The van der Waals surface area contributed by atoms with Crippen LogP contribution in [0.4, 0.5) is 0 Å². The summed E-state index contributed by atoms with van der Waals surface area (Å²) in [4.78, 5) is 25.9. The minimum Gasteiger partial charge on any atom is -0.492 e. The predicted molar refractivity (Wildman–Crippen MR) is 89.0 cm³/mol. The zero-order valence-corrected chi connectivity index (χ0v) is 13.3. The molecule has 0 unspecified atom stereocenters. The standard InChI is InChI=1S/C17H18N4O3/c1-19(11-12-24-14-7-3-2-4-8-14)16(22)13-21-17(23)20-10-6-5-9-15(20)18-21/h2-10H,11-13H2,1H3. The molecule has 0 aliphatic rings.